The van der Waals surface area contributed by atoms with Gasteiger partial charge in [-0.3, -0.25) is 19.4 Å². The van der Waals surface area contributed by atoms with E-state index < -0.39 is 11.7 Å². The van der Waals surface area contributed by atoms with E-state index in [1.807, 2.05) is 12.1 Å². The Labute approximate surface area is 276 Å². The van der Waals surface area contributed by atoms with Crippen LogP contribution in [0.25, 0.3) is 10.9 Å². The summed E-state index contributed by atoms with van der Waals surface area (Å²) in [5.74, 6) is 0.152. The number of amides is 4. The number of carbonyl (C=O) groups is 4. The van der Waals surface area contributed by atoms with Gasteiger partial charge in [-0.1, -0.05) is 0 Å². The molecule has 260 valence electrons. The van der Waals surface area contributed by atoms with Crippen LogP contribution in [0.2, 0.25) is 0 Å². The Bertz CT molecular complexity index is 1300. The maximum Gasteiger partial charge on any atom is 0.407 e. The molecule has 4 N–H and O–H groups in total. The third-order valence-corrected chi connectivity index (χ3v) is 6.97. The molecule has 1 aromatic carbocycles. The molecule has 0 radical (unpaired) electrons. The van der Waals surface area contributed by atoms with Crippen molar-refractivity contribution in [1.82, 2.24) is 31.2 Å². The number of hydrogen-bond acceptors (Lipinski definition) is 10. The lowest BCUT2D eigenvalue weighted by atomic mass is 10.1. The van der Waals surface area contributed by atoms with Crippen LogP contribution in [0.1, 0.15) is 56.8 Å². The van der Waals surface area contributed by atoms with Gasteiger partial charge in [-0.25, -0.2) is 4.79 Å². The Kier molecular flexibility index (Phi) is 16.2. The summed E-state index contributed by atoms with van der Waals surface area (Å²) in [6.07, 6.45) is 4.11. The van der Waals surface area contributed by atoms with Gasteiger partial charge in [0.25, 0.3) is 5.91 Å². The predicted molar refractivity (Wildman–Crippen MR) is 176 cm³/mol. The number of nitrogens with zero attached hydrogens (tertiary/aromatic N) is 2. The average molecular weight is 659 g/mol. The summed E-state index contributed by atoms with van der Waals surface area (Å²) < 4.78 is 21.8. The molecule has 14 heteroatoms. The van der Waals surface area contributed by atoms with Crippen molar-refractivity contribution >= 4 is 34.7 Å². The van der Waals surface area contributed by atoms with Gasteiger partial charge in [0.05, 0.1) is 50.7 Å². The first-order valence-electron chi connectivity index (χ1n) is 16.3. The molecule has 0 aliphatic carbocycles. The molecule has 0 bridgehead atoms. The quantitative estimate of drug-likeness (QED) is 0.154. The van der Waals surface area contributed by atoms with E-state index in [1.54, 1.807) is 44.0 Å². The minimum Gasteiger partial charge on any atom is -0.494 e. The molecule has 0 spiro atoms. The first-order chi connectivity index (χ1) is 22.6. The molecule has 0 saturated carbocycles. The molecule has 4 amide bonds. The van der Waals surface area contributed by atoms with E-state index in [9.17, 15) is 19.2 Å². The molecule has 1 aliphatic heterocycles. The van der Waals surface area contributed by atoms with Crippen molar-refractivity contribution < 1.29 is 38.1 Å². The van der Waals surface area contributed by atoms with Crippen molar-refractivity contribution in [2.45, 2.75) is 52.1 Å². The van der Waals surface area contributed by atoms with Gasteiger partial charge in [0.1, 0.15) is 11.4 Å². The molecular formula is C33H50N6O8. The van der Waals surface area contributed by atoms with E-state index in [0.29, 0.717) is 81.4 Å². The number of likely N-dealkylation sites (tertiary alicyclic amines) is 1. The lowest BCUT2D eigenvalue weighted by Gasteiger charge is -2.19. The normalized spacial score (nSPS) is 13.0. The molecular weight excluding hydrogens is 608 g/mol. The Morgan fingerprint density at radius 3 is 2.38 bits per heavy atom. The number of rotatable bonds is 20. The van der Waals surface area contributed by atoms with Gasteiger partial charge >= 0.3 is 6.09 Å². The fraction of sp³-hybridized carbons (Fsp3) is 0.606. The van der Waals surface area contributed by atoms with Gasteiger partial charge in [-0.15, -0.1) is 0 Å². The standard InChI is InChI=1S/C33H50N6O8/c1-33(2,3)47-32(43)37-15-20-45-22-21-44-19-10-29(40)36-14-13-34-11-6-18-46-25-7-8-28-27(23-25)26(9-12-35-28)31(42)38-24-30(41)39-16-4-5-17-39/h7-9,12,23,34H,4-6,10-11,13-22,24H2,1-3H3,(H,36,40)(H,37,43)(H,38,42). The highest BCUT2D eigenvalue weighted by molar-refractivity contribution is 6.07. The lowest BCUT2D eigenvalue weighted by molar-refractivity contribution is -0.129. The largest absolute Gasteiger partial charge is 0.494 e. The van der Waals surface area contributed by atoms with E-state index >= 15 is 0 Å². The van der Waals surface area contributed by atoms with Gasteiger partial charge in [0, 0.05) is 50.7 Å². The fourth-order valence-electron chi connectivity index (χ4n) is 4.66. The first kappa shape index (κ1) is 37.4. The summed E-state index contributed by atoms with van der Waals surface area (Å²) >= 11 is 0. The van der Waals surface area contributed by atoms with E-state index in [2.05, 4.69) is 26.3 Å². The average Bonchev–Trinajstić information content (AvgIpc) is 3.58. The van der Waals surface area contributed by atoms with Crippen molar-refractivity contribution in [2.75, 3.05) is 78.8 Å². The Balaban J connectivity index is 1.19. The van der Waals surface area contributed by atoms with E-state index in [1.165, 1.54) is 0 Å². The van der Waals surface area contributed by atoms with Crippen molar-refractivity contribution in [3.63, 3.8) is 0 Å². The molecule has 2 heterocycles. The monoisotopic (exact) mass is 658 g/mol. The van der Waals surface area contributed by atoms with E-state index in [-0.39, 0.29) is 30.7 Å². The van der Waals surface area contributed by atoms with Crippen LogP contribution < -0.4 is 26.0 Å². The predicted octanol–water partition coefficient (Wildman–Crippen LogP) is 2.01. The number of carbonyl (C=O) groups excluding carboxylic acids is 4. The third kappa shape index (κ3) is 15.0. The summed E-state index contributed by atoms with van der Waals surface area (Å²) in [7, 11) is 0. The topological polar surface area (TPSA) is 169 Å². The number of ether oxygens (including phenoxy) is 4. The molecule has 3 rings (SSSR count). The van der Waals surface area contributed by atoms with E-state index in [4.69, 9.17) is 18.9 Å². The van der Waals surface area contributed by atoms with Crippen molar-refractivity contribution in [2.24, 2.45) is 0 Å². The second kappa shape index (κ2) is 20.3. The molecule has 0 unspecified atom stereocenters. The van der Waals surface area contributed by atoms with Gasteiger partial charge in [0.2, 0.25) is 11.8 Å². The van der Waals surface area contributed by atoms with Crippen LogP contribution in [0.3, 0.4) is 0 Å². The molecule has 14 nitrogen and oxygen atoms in total. The lowest BCUT2D eigenvalue weighted by Crippen LogP contribution is -2.38. The maximum absolute atomic E-state index is 12.9. The maximum atomic E-state index is 12.9. The van der Waals surface area contributed by atoms with Gasteiger partial charge < -0.3 is 45.1 Å². The van der Waals surface area contributed by atoms with Crippen LogP contribution >= 0.6 is 0 Å². The zero-order valence-corrected chi connectivity index (χ0v) is 27.9. The molecule has 47 heavy (non-hydrogen) atoms. The summed E-state index contributed by atoms with van der Waals surface area (Å²) in [5, 5.41) is 12.1. The van der Waals surface area contributed by atoms with Crippen molar-refractivity contribution in [1.29, 1.82) is 0 Å². The molecule has 1 saturated heterocycles. The number of pyridine rings is 1. The number of nitrogens with one attached hydrogen (secondary N) is 4. The third-order valence-electron chi connectivity index (χ3n) is 6.97. The summed E-state index contributed by atoms with van der Waals surface area (Å²) in [4.78, 5) is 54.8. The molecule has 0 atom stereocenters. The zero-order chi connectivity index (χ0) is 33.9. The van der Waals surface area contributed by atoms with Crippen LogP contribution in [-0.4, -0.2) is 118 Å². The van der Waals surface area contributed by atoms with Crippen molar-refractivity contribution in [3.8, 4) is 5.75 Å². The molecule has 1 aliphatic rings. The van der Waals surface area contributed by atoms with Gasteiger partial charge in [-0.2, -0.15) is 0 Å². The minimum absolute atomic E-state index is 0.0277. The number of fused-ring (bicyclic) bond motifs is 1. The Morgan fingerprint density at radius 2 is 1.62 bits per heavy atom. The second-order valence-corrected chi connectivity index (χ2v) is 12.0. The number of aromatic nitrogens is 1. The van der Waals surface area contributed by atoms with Crippen LogP contribution in [0.4, 0.5) is 4.79 Å². The Hall–Kier alpha value is -4.01. The number of alkyl carbamates (subject to hydrolysis) is 1. The van der Waals surface area contributed by atoms with Crippen molar-refractivity contribution in [3.05, 3.63) is 36.0 Å². The number of hydrogen-bond donors (Lipinski definition) is 4. The highest BCUT2D eigenvalue weighted by atomic mass is 16.6. The van der Waals surface area contributed by atoms with Crippen LogP contribution in [-0.2, 0) is 23.8 Å². The first-order valence-corrected chi connectivity index (χ1v) is 16.3. The summed E-state index contributed by atoms with van der Waals surface area (Å²) in [6, 6.07) is 7.07. The van der Waals surface area contributed by atoms with Gasteiger partial charge in [0.15, 0.2) is 0 Å². The summed E-state index contributed by atoms with van der Waals surface area (Å²) in [6.45, 7) is 10.9. The summed E-state index contributed by atoms with van der Waals surface area (Å²) in [5.41, 5.74) is 0.575. The minimum atomic E-state index is -0.538. The van der Waals surface area contributed by atoms with Crippen LogP contribution in [0.5, 0.6) is 5.75 Å². The SMILES string of the molecule is CC(C)(C)OC(=O)NCCOCCOCCC(=O)NCCNCCCOc1ccc2nccc(C(=O)NCC(=O)N3CCCC3)c2c1. The molecule has 1 fully saturated rings. The van der Waals surface area contributed by atoms with Gasteiger partial charge in [-0.05, 0) is 70.8 Å². The van der Waals surface area contributed by atoms with E-state index in [0.717, 1.165) is 32.4 Å². The smallest absolute Gasteiger partial charge is 0.407 e. The fourth-order valence-corrected chi connectivity index (χ4v) is 4.66. The molecule has 2 aromatic rings. The number of benzene rings is 1. The van der Waals surface area contributed by atoms with Crippen LogP contribution in [0, 0.1) is 0 Å². The highest BCUT2D eigenvalue weighted by Gasteiger charge is 2.19. The van der Waals surface area contributed by atoms with Crippen LogP contribution in [0.15, 0.2) is 30.5 Å². The molecule has 1 aromatic heterocycles. The second-order valence-electron chi connectivity index (χ2n) is 12.0. The zero-order valence-electron chi connectivity index (χ0n) is 27.9. The highest BCUT2D eigenvalue weighted by Crippen LogP contribution is 2.23. The Morgan fingerprint density at radius 1 is 0.851 bits per heavy atom.